The maximum Gasteiger partial charge on any atom is 0.220 e. The normalized spacial score (nSPS) is 15.5. The molecule has 1 amide bonds. The number of pyridine rings is 2. The first-order valence-electron chi connectivity index (χ1n) is 10.7. The van der Waals surface area contributed by atoms with Crippen molar-refractivity contribution in [3.63, 3.8) is 0 Å². The standard InChI is InChI=1S/C23H22N8O2/c1-13(2)28-18-8-22(31-23-16(11-27-31)6-15(9-24)10-26-23)25-12-17(18)21-7-19(29-33-21)20-4-5-30(20)14(3)32/h6-8,10-13,20H,4-5H2,1-3H3,(H,25,28). The third kappa shape index (κ3) is 3.67. The first-order chi connectivity index (χ1) is 15.9. The molecular formula is C23H22N8O2. The van der Waals surface area contributed by atoms with Crippen LogP contribution in [0.4, 0.5) is 5.69 Å². The van der Waals surface area contributed by atoms with E-state index in [1.807, 2.05) is 26.0 Å². The predicted molar refractivity (Wildman–Crippen MR) is 120 cm³/mol. The van der Waals surface area contributed by atoms with Gasteiger partial charge in [0.25, 0.3) is 0 Å². The minimum Gasteiger partial charge on any atom is -0.382 e. The van der Waals surface area contributed by atoms with Crippen LogP contribution in [0.25, 0.3) is 28.2 Å². The molecule has 0 spiro atoms. The topological polar surface area (TPSA) is 126 Å². The number of nitrogens with zero attached hydrogens (tertiary/aromatic N) is 7. The third-order valence-electron chi connectivity index (χ3n) is 5.65. The van der Waals surface area contributed by atoms with Crippen molar-refractivity contribution in [3.05, 3.63) is 48.0 Å². The summed E-state index contributed by atoms with van der Waals surface area (Å²) in [7, 11) is 0. The van der Waals surface area contributed by atoms with Crippen LogP contribution in [0.3, 0.4) is 0 Å². The molecule has 5 heterocycles. The van der Waals surface area contributed by atoms with Crippen LogP contribution >= 0.6 is 0 Å². The van der Waals surface area contributed by atoms with Gasteiger partial charge in [0.1, 0.15) is 11.8 Å². The summed E-state index contributed by atoms with van der Waals surface area (Å²) in [6.07, 6.45) is 5.76. The number of anilines is 1. The molecule has 1 aliphatic rings. The Morgan fingerprint density at radius 1 is 1.24 bits per heavy atom. The number of carbonyl (C=O) groups excluding carboxylic acids is 1. The fraction of sp³-hybridized carbons (Fsp3) is 0.304. The molecule has 5 rings (SSSR count). The van der Waals surface area contributed by atoms with Gasteiger partial charge in [-0.05, 0) is 26.3 Å². The van der Waals surface area contributed by atoms with Crippen LogP contribution in [0.15, 0.2) is 41.3 Å². The van der Waals surface area contributed by atoms with E-state index >= 15 is 0 Å². The van der Waals surface area contributed by atoms with E-state index in [9.17, 15) is 4.79 Å². The molecule has 4 aromatic rings. The number of aromatic nitrogens is 5. The fourth-order valence-electron chi connectivity index (χ4n) is 3.98. The van der Waals surface area contributed by atoms with Crippen molar-refractivity contribution >= 4 is 22.6 Å². The number of hydrogen-bond acceptors (Lipinski definition) is 8. The van der Waals surface area contributed by atoms with E-state index < -0.39 is 0 Å². The average molecular weight is 442 g/mol. The molecule has 1 saturated heterocycles. The Balaban J connectivity index is 1.53. The molecule has 166 valence electrons. The summed E-state index contributed by atoms with van der Waals surface area (Å²) in [6.45, 7) is 6.39. The molecule has 0 saturated carbocycles. The van der Waals surface area contributed by atoms with E-state index in [4.69, 9.17) is 9.78 Å². The first kappa shape index (κ1) is 20.6. The van der Waals surface area contributed by atoms with Gasteiger partial charge in [0.05, 0.1) is 29.1 Å². The largest absolute Gasteiger partial charge is 0.382 e. The van der Waals surface area contributed by atoms with Gasteiger partial charge in [-0.1, -0.05) is 5.16 Å². The molecule has 1 atom stereocenters. The minimum atomic E-state index is -0.0476. The van der Waals surface area contributed by atoms with Gasteiger partial charge in [0.2, 0.25) is 5.91 Å². The highest BCUT2D eigenvalue weighted by Gasteiger charge is 2.34. The number of fused-ring (bicyclic) bond motifs is 1. The van der Waals surface area contributed by atoms with Crippen molar-refractivity contribution in [2.24, 2.45) is 0 Å². The summed E-state index contributed by atoms with van der Waals surface area (Å²) in [6, 6.07) is 7.70. The number of rotatable bonds is 5. The monoisotopic (exact) mass is 442 g/mol. The van der Waals surface area contributed by atoms with Crippen LogP contribution in [0.2, 0.25) is 0 Å². The van der Waals surface area contributed by atoms with Gasteiger partial charge in [0, 0.05) is 49.4 Å². The molecule has 0 aliphatic carbocycles. The SMILES string of the molecule is CC(=O)N1CCC1c1cc(-c2cnc(-n3ncc4cc(C#N)cnc43)cc2NC(C)C)on1. The Morgan fingerprint density at radius 3 is 2.79 bits per heavy atom. The number of nitrogens with one attached hydrogen (secondary N) is 1. The van der Waals surface area contributed by atoms with Crippen molar-refractivity contribution in [1.82, 2.24) is 29.8 Å². The van der Waals surface area contributed by atoms with E-state index in [1.54, 1.807) is 35.0 Å². The maximum absolute atomic E-state index is 11.8. The molecule has 1 N–H and O–H groups in total. The lowest BCUT2D eigenvalue weighted by Gasteiger charge is -2.38. The lowest BCUT2D eigenvalue weighted by atomic mass is 9.99. The van der Waals surface area contributed by atoms with Crippen molar-refractivity contribution in [2.45, 2.75) is 39.3 Å². The van der Waals surface area contributed by atoms with Crippen LogP contribution in [-0.2, 0) is 4.79 Å². The van der Waals surface area contributed by atoms with Crippen molar-refractivity contribution < 1.29 is 9.32 Å². The smallest absolute Gasteiger partial charge is 0.220 e. The van der Waals surface area contributed by atoms with Crippen molar-refractivity contribution in [3.8, 4) is 23.2 Å². The highest BCUT2D eigenvalue weighted by atomic mass is 16.5. The molecule has 0 radical (unpaired) electrons. The van der Waals surface area contributed by atoms with Gasteiger partial charge in [-0.3, -0.25) is 4.79 Å². The van der Waals surface area contributed by atoms with Gasteiger partial charge >= 0.3 is 0 Å². The molecule has 1 aliphatic heterocycles. The van der Waals surface area contributed by atoms with Crippen molar-refractivity contribution in [2.75, 3.05) is 11.9 Å². The van der Waals surface area contributed by atoms with Crippen LogP contribution in [0.5, 0.6) is 0 Å². The van der Waals surface area contributed by atoms with Gasteiger partial charge in [-0.15, -0.1) is 0 Å². The predicted octanol–water partition coefficient (Wildman–Crippen LogP) is 3.46. The number of carbonyl (C=O) groups is 1. The average Bonchev–Trinajstić information content (AvgIpc) is 3.39. The van der Waals surface area contributed by atoms with E-state index in [-0.39, 0.29) is 18.0 Å². The summed E-state index contributed by atoms with van der Waals surface area (Å²) in [4.78, 5) is 22.5. The number of nitriles is 1. The summed E-state index contributed by atoms with van der Waals surface area (Å²) < 4.78 is 7.29. The van der Waals surface area contributed by atoms with Gasteiger partial charge in [0.15, 0.2) is 17.2 Å². The van der Waals surface area contributed by atoms with Gasteiger partial charge in [-0.2, -0.15) is 15.0 Å². The van der Waals surface area contributed by atoms with E-state index in [2.05, 4.69) is 31.6 Å². The summed E-state index contributed by atoms with van der Waals surface area (Å²) in [5.74, 6) is 1.19. The van der Waals surface area contributed by atoms with Gasteiger partial charge < -0.3 is 14.7 Å². The summed E-state index contributed by atoms with van der Waals surface area (Å²) in [5.41, 5.74) is 3.40. The molecule has 0 bridgehead atoms. The highest BCUT2D eigenvalue weighted by Crippen LogP contribution is 2.36. The molecular weight excluding hydrogens is 420 g/mol. The van der Waals surface area contributed by atoms with Crippen LogP contribution < -0.4 is 5.32 Å². The third-order valence-corrected chi connectivity index (χ3v) is 5.65. The zero-order valence-electron chi connectivity index (χ0n) is 18.5. The van der Waals surface area contributed by atoms with E-state index in [0.29, 0.717) is 22.8 Å². The van der Waals surface area contributed by atoms with Gasteiger partial charge in [-0.25, -0.2) is 9.97 Å². The molecule has 4 aromatic heterocycles. The summed E-state index contributed by atoms with van der Waals surface area (Å²) >= 11 is 0. The van der Waals surface area contributed by atoms with Crippen LogP contribution in [0, 0.1) is 11.3 Å². The lowest BCUT2D eigenvalue weighted by Crippen LogP contribution is -2.44. The van der Waals surface area contributed by atoms with E-state index in [0.717, 1.165) is 35.3 Å². The molecule has 1 fully saturated rings. The Bertz CT molecular complexity index is 1400. The fourth-order valence-corrected chi connectivity index (χ4v) is 3.98. The second-order valence-corrected chi connectivity index (χ2v) is 8.33. The first-order valence-corrected chi connectivity index (χ1v) is 10.7. The minimum absolute atomic E-state index is 0.0333. The Labute approximate surface area is 189 Å². The second kappa shape index (κ2) is 8.02. The molecule has 10 heteroatoms. The Kier molecular flexibility index (Phi) is 5.01. The highest BCUT2D eigenvalue weighted by molar-refractivity contribution is 5.79. The Morgan fingerprint density at radius 2 is 2.09 bits per heavy atom. The Hall–Kier alpha value is -4.26. The number of likely N-dealkylation sites (tertiary alicyclic amines) is 1. The second-order valence-electron chi connectivity index (χ2n) is 8.33. The quantitative estimate of drug-likeness (QED) is 0.498. The zero-order chi connectivity index (χ0) is 23.1. The number of hydrogen-bond donors (Lipinski definition) is 1. The molecule has 10 nitrogen and oxygen atoms in total. The zero-order valence-corrected chi connectivity index (χ0v) is 18.5. The lowest BCUT2D eigenvalue weighted by molar-refractivity contribution is -0.136. The van der Waals surface area contributed by atoms with Crippen molar-refractivity contribution in [1.29, 1.82) is 5.26 Å². The maximum atomic E-state index is 11.8. The molecule has 1 unspecified atom stereocenters. The summed E-state index contributed by atoms with van der Waals surface area (Å²) in [5, 5.41) is 21.9. The number of amides is 1. The molecule has 0 aromatic carbocycles. The van der Waals surface area contributed by atoms with Crippen LogP contribution in [-0.4, -0.2) is 48.3 Å². The van der Waals surface area contributed by atoms with E-state index in [1.165, 1.54) is 6.20 Å². The van der Waals surface area contributed by atoms with Crippen LogP contribution in [0.1, 0.15) is 44.5 Å². The molecule has 33 heavy (non-hydrogen) atoms.